The topological polar surface area (TPSA) is 76.2 Å². The normalized spacial score (nSPS) is 10.3. The summed E-state index contributed by atoms with van der Waals surface area (Å²) in [5.74, 6) is 1.29. The Bertz CT molecular complexity index is 839. The van der Waals surface area contributed by atoms with Crippen molar-refractivity contribution in [2.24, 2.45) is 0 Å². The first-order valence-corrected chi connectivity index (χ1v) is 7.93. The van der Waals surface area contributed by atoms with Crippen LogP contribution in [0.2, 0.25) is 0 Å². The summed E-state index contributed by atoms with van der Waals surface area (Å²) in [7, 11) is 1.62. The Hall–Kier alpha value is -3.28. The molecular formula is C19H19N3O3. The lowest BCUT2D eigenvalue weighted by atomic mass is 10.1. The van der Waals surface area contributed by atoms with Crippen LogP contribution in [0.4, 0.5) is 5.69 Å². The number of amides is 1. The zero-order valence-electron chi connectivity index (χ0n) is 14.1. The predicted molar refractivity (Wildman–Crippen MR) is 96.1 cm³/mol. The van der Waals surface area contributed by atoms with Gasteiger partial charge in [0.15, 0.2) is 0 Å². The number of nitrogens with zero attached hydrogens (tertiary/aromatic N) is 1. The second-order valence-corrected chi connectivity index (χ2v) is 5.31. The van der Waals surface area contributed by atoms with Crippen molar-refractivity contribution in [1.82, 2.24) is 10.2 Å². The molecule has 1 aromatic heterocycles. The molecule has 0 atom stereocenters. The van der Waals surface area contributed by atoms with E-state index in [4.69, 9.17) is 9.47 Å². The highest BCUT2D eigenvalue weighted by atomic mass is 16.5. The van der Waals surface area contributed by atoms with Crippen molar-refractivity contribution >= 4 is 11.6 Å². The number of carbonyl (C=O) groups excluding carboxylic acids is 1. The second-order valence-electron chi connectivity index (χ2n) is 5.31. The van der Waals surface area contributed by atoms with Gasteiger partial charge in [0, 0.05) is 11.3 Å². The number of carbonyl (C=O) groups is 1. The van der Waals surface area contributed by atoms with Gasteiger partial charge in [-0.05, 0) is 61.5 Å². The fourth-order valence-corrected chi connectivity index (χ4v) is 2.35. The quantitative estimate of drug-likeness (QED) is 0.718. The van der Waals surface area contributed by atoms with Crippen LogP contribution in [0.5, 0.6) is 11.5 Å². The molecule has 2 aromatic carbocycles. The van der Waals surface area contributed by atoms with E-state index in [0.717, 1.165) is 17.1 Å². The number of ether oxygens (including phenoxy) is 2. The van der Waals surface area contributed by atoms with Crippen molar-refractivity contribution < 1.29 is 14.3 Å². The van der Waals surface area contributed by atoms with Crippen LogP contribution in [0.1, 0.15) is 17.4 Å². The van der Waals surface area contributed by atoms with Gasteiger partial charge in [-0.3, -0.25) is 9.89 Å². The van der Waals surface area contributed by atoms with Gasteiger partial charge in [0.25, 0.3) is 5.91 Å². The molecule has 0 aliphatic carbocycles. The van der Waals surface area contributed by atoms with Crippen LogP contribution in [0.15, 0.2) is 54.6 Å². The largest absolute Gasteiger partial charge is 0.497 e. The highest BCUT2D eigenvalue weighted by Crippen LogP contribution is 2.22. The Morgan fingerprint density at radius 1 is 1.08 bits per heavy atom. The first kappa shape index (κ1) is 16.6. The molecule has 25 heavy (non-hydrogen) atoms. The number of hydrogen-bond acceptors (Lipinski definition) is 4. The molecule has 128 valence electrons. The fraction of sp³-hybridized carbons (Fsp3) is 0.158. The molecular weight excluding hydrogens is 318 g/mol. The van der Waals surface area contributed by atoms with Gasteiger partial charge < -0.3 is 14.8 Å². The maximum atomic E-state index is 12.3. The van der Waals surface area contributed by atoms with Crippen molar-refractivity contribution in [3.63, 3.8) is 0 Å². The minimum absolute atomic E-state index is 0.253. The van der Waals surface area contributed by atoms with Gasteiger partial charge in [-0.1, -0.05) is 0 Å². The van der Waals surface area contributed by atoms with Crippen molar-refractivity contribution in [3.8, 4) is 22.8 Å². The lowest BCUT2D eigenvalue weighted by Gasteiger charge is -2.06. The molecule has 0 aliphatic rings. The van der Waals surface area contributed by atoms with Crippen LogP contribution in [-0.4, -0.2) is 29.8 Å². The third-order valence-electron chi connectivity index (χ3n) is 3.63. The number of anilines is 1. The summed E-state index contributed by atoms with van der Waals surface area (Å²) in [4.78, 5) is 12.3. The SMILES string of the molecule is CCOc1ccc(NC(=O)c2cc(-c3ccc(OC)cc3)n[nH]2)cc1. The molecule has 0 radical (unpaired) electrons. The number of benzene rings is 2. The maximum Gasteiger partial charge on any atom is 0.273 e. The summed E-state index contributed by atoms with van der Waals surface area (Å²) in [6, 6.07) is 16.4. The summed E-state index contributed by atoms with van der Waals surface area (Å²) in [6.07, 6.45) is 0. The van der Waals surface area contributed by atoms with Crippen LogP contribution in [0, 0.1) is 0 Å². The number of rotatable bonds is 6. The number of nitrogens with one attached hydrogen (secondary N) is 2. The van der Waals surface area contributed by atoms with E-state index in [9.17, 15) is 4.79 Å². The van der Waals surface area contributed by atoms with Crippen LogP contribution >= 0.6 is 0 Å². The van der Waals surface area contributed by atoms with E-state index >= 15 is 0 Å². The lowest BCUT2D eigenvalue weighted by Crippen LogP contribution is -2.12. The molecule has 0 spiro atoms. The molecule has 0 fully saturated rings. The molecule has 3 aromatic rings. The molecule has 0 unspecified atom stereocenters. The van der Waals surface area contributed by atoms with Gasteiger partial charge in [0.2, 0.25) is 0 Å². The number of methoxy groups -OCH3 is 1. The summed E-state index contributed by atoms with van der Waals surface area (Å²) in [6.45, 7) is 2.53. The summed E-state index contributed by atoms with van der Waals surface area (Å²) >= 11 is 0. The molecule has 0 saturated heterocycles. The summed E-state index contributed by atoms with van der Waals surface area (Å²) in [5.41, 5.74) is 2.67. The first-order chi connectivity index (χ1) is 12.2. The number of aromatic amines is 1. The van der Waals surface area contributed by atoms with Gasteiger partial charge in [-0.15, -0.1) is 0 Å². The van der Waals surface area contributed by atoms with E-state index in [2.05, 4.69) is 15.5 Å². The minimum atomic E-state index is -0.253. The van der Waals surface area contributed by atoms with Crippen molar-refractivity contribution in [1.29, 1.82) is 0 Å². The van der Waals surface area contributed by atoms with Gasteiger partial charge in [0.05, 0.1) is 19.4 Å². The van der Waals surface area contributed by atoms with Crippen LogP contribution in [0.25, 0.3) is 11.3 Å². The molecule has 1 heterocycles. The van der Waals surface area contributed by atoms with E-state index < -0.39 is 0 Å². The molecule has 6 nitrogen and oxygen atoms in total. The van der Waals surface area contributed by atoms with E-state index in [1.165, 1.54) is 0 Å². The lowest BCUT2D eigenvalue weighted by molar-refractivity contribution is 0.102. The standard InChI is InChI=1S/C19H19N3O3/c1-3-25-16-10-6-14(7-11-16)20-19(23)18-12-17(21-22-18)13-4-8-15(24-2)9-5-13/h4-12H,3H2,1-2H3,(H,20,23)(H,21,22). The molecule has 0 bridgehead atoms. The summed E-state index contributed by atoms with van der Waals surface area (Å²) < 4.78 is 10.5. The van der Waals surface area contributed by atoms with Gasteiger partial charge in [-0.25, -0.2) is 0 Å². The highest BCUT2D eigenvalue weighted by molar-refractivity contribution is 6.03. The van der Waals surface area contributed by atoms with Gasteiger partial charge in [0.1, 0.15) is 17.2 Å². The van der Waals surface area contributed by atoms with Crippen LogP contribution in [-0.2, 0) is 0 Å². The van der Waals surface area contributed by atoms with Crippen LogP contribution < -0.4 is 14.8 Å². The van der Waals surface area contributed by atoms with E-state index in [1.807, 2.05) is 43.3 Å². The first-order valence-electron chi connectivity index (χ1n) is 7.93. The van der Waals surface area contributed by atoms with Crippen LogP contribution in [0.3, 0.4) is 0 Å². The Kier molecular flexibility index (Phi) is 4.99. The molecule has 6 heteroatoms. The average Bonchev–Trinajstić information content (AvgIpc) is 3.14. The molecule has 3 rings (SSSR count). The third kappa shape index (κ3) is 3.98. The van der Waals surface area contributed by atoms with Crippen molar-refractivity contribution in [2.75, 3.05) is 19.0 Å². The smallest absolute Gasteiger partial charge is 0.273 e. The number of H-pyrrole nitrogens is 1. The zero-order valence-corrected chi connectivity index (χ0v) is 14.1. The number of aromatic nitrogens is 2. The zero-order chi connectivity index (χ0) is 17.6. The minimum Gasteiger partial charge on any atom is -0.497 e. The van der Waals surface area contributed by atoms with Gasteiger partial charge in [-0.2, -0.15) is 5.10 Å². The average molecular weight is 337 g/mol. The Balaban J connectivity index is 1.69. The molecule has 2 N–H and O–H groups in total. The van der Waals surface area contributed by atoms with Crippen molar-refractivity contribution in [2.45, 2.75) is 6.92 Å². The Morgan fingerprint density at radius 3 is 2.40 bits per heavy atom. The van der Waals surface area contributed by atoms with Gasteiger partial charge >= 0.3 is 0 Å². The third-order valence-corrected chi connectivity index (χ3v) is 3.63. The monoisotopic (exact) mass is 337 g/mol. The number of hydrogen-bond donors (Lipinski definition) is 2. The maximum absolute atomic E-state index is 12.3. The van der Waals surface area contributed by atoms with E-state index in [0.29, 0.717) is 23.7 Å². The highest BCUT2D eigenvalue weighted by Gasteiger charge is 2.11. The predicted octanol–water partition coefficient (Wildman–Crippen LogP) is 3.74. The van der Waals surface area contributed by atoms with E-state index in [1.54, 1.807) is 25.3 Å². The molecule has 0 aliphatic heterocycles. The Morgan fingerprint density at radius 2 is 1.76 bits per heavy atom. The fourth-order valence-electron chi connectivity index (χ4n) is 2.35. The van der Waals surface area contributed by atoms with E-state index in [-0.39, 0.29) is 5.91 Å². The molecule has 1 amide bonds. The van der Waals surface area contributed by atoms with Crippen molar-refractivity contribution in [3.05, 3.63) is 60.3 Å². The molecule has 0 saturated carbocycles. The summed E-state index contributed by atoms with van der Waals surface area (Å²) in [5, 5.41) is 9.79. The second kappa shape index (κ2) is 7.53. The Labute approximate surface area is 145 Å².